The molecular formula is C32H24F3N3O. The zero-order chi connectivity index (χ0) is 27.3. The van der Waals surface area contributed by atoms with Gasteiger partial charge in [0.05, 0.1) is 17.6 Å². The molecule has 0 saturated carbocycles. The van der Waals surface area contributed by atoms with Gasteiger partial charge in [-0.1, -0.05) is 97.1 Å². The summed E-state index contributed by atoms with van der Waals surface area (Å²) in [6.45, 7) is -1.46. The van der Waals surface area contributed by atoms with Crippen molar-refractivity contribution in [2.75, 3.05) is 6.61 Å². The van der Waals surface area contributed by atoms with Crippen molar-refractivity contribution in [3.8, 4) is 11.8 Å². The Labute approximate surface area is 224 Å². The molecule has 0 bridgehead atoms. The van der Waals surface area contributed by atoms with E-state index in [1.807, 2.05) is 66.9 Å². The third-order valence-electron chi connectivity index (χ3n) is 6.54. The van der Waals surface area contributed by atoms with Crippen LogP contribution in [0.1, 0.15) is 33.5 Å². The number of imidazole rings is 1. The van der Waals surface area contributed by atoms with Crippen LogP contribution in [0.4, 0.5) is 13.2 Å². The first kappa shape index (κ1) is 25.8. The number of halogens is 3. The second-order valence-electron chi connectivity index (χ2n) is 9.10. The van der Waals surface area contributed by atoms with E-state index in [1.165, 1.54) is 12.1 Å². The standard InChI is InChI=1S/C32H24F3N3O/c33-31(34,35)22-39-30-19-24(16-17-25(30)20-36)18-29-21-38(23-37-29)32(26-10-4-1-5-11-26,27-12-6-2-7-13-27)28-14-8-3-9-15-28/h1-17,19,21,23H,18,22H2. The number of rotatable bonds is 8. The minimum absolute atomic E-state index is 0.0461. The molecule has 5 aromatic rings. The van der Waals surface area contributed by atoms with Crippen LogP contribution in [-0.2, 0) is 12.0 Å². The van der Waals surface area contributed by atoms with Crippen LogP contribution in [0.25, 0.3) is 0 Å². The fourth-order valence-electron chi connectivity index (χ4n) is 4.88. The third kappa shape index (κ3) is 5.41. The van der Waals surface area contributed by atoms with Crippen molar-refractivity contribution < 1.29 is 17.9 Å². The number of benzene rings is 4. The summed E-state index contributed by atoms with van der Waals surface area (Å²) in [5.41, 5.74) is 3.87. The maximum atomic E-state index is 12.7. The van der Waals surface area contributed by atoms with Gasteiger partial charge in [-0.3, -0.25) is 0 Å². The molecule has 0 fully saturated rings. The summed E-state index contributed by atoms with van der Waals surface area (Å²) in [5, 5.41) is 9.32. The highest BCUT2D eigenvalue weighted by Crippen LogP contribution is 2.41. The maximum absolute atomic E-state index is 12.7. The normalized spacial score (nSPS) is 11.6. The maximum Gasteiger partial charge on any atom is 0.422 e. The average Bonchev–Trinajstić information content (AvgIpc) is 3.42. The van der Waals surface area contributed by atoms with Gasteiger partial charge in [-0.2, -0.15) is 18.4 Å². The Morgan fingerprint density at radius 1 is 0.769 bits per heavy atom. The number of alkyl halides is 3. The van der Waals surface area contributed by atoms with Crippen molar-refractivity contribution in [3.05, 3.63) is 155 Å². The second-order valence-corrected chi connectivity index (χ2v) is 9.10. The molecule has 0 atom stereocenters. The summed E-state index contributed by atoms with van der Waals surface area (Å²) < 4.78 is 45.2. The van der Waals surface area contributed by atoms with E-state index in [9.17, 15) is 18.4 Å². The molecule has 5 rings (SSSR count). The smallest absolute Gasteiger partial charge is 0.422 e. The summed E-state index contributed by atoms with van der Waals surface area (Å²) in [6, 6.07) is 37.0. The molecule has 0 saturated heterocycles. The van der Waals surface area contributed by atoms with Crippen molar-refractivity contribution >= 4 is 0 Å². The second kappa shape index (κ2) is 10.9. The molecule has 0 aliphatic heterocycles. The molecule has 194 valence electrons. The highest BCUT2D eigenvalue weighted by Gasteiger charge is 2.38. The monoisotopic (exact) mass is 523 g/mol. The molecule has 0 spiro atoms. The molecule has 4 nitrogen and oxygen atoms in total. The summed E-state index contributed by atoms with van der Waals surface area (Å²) in [7, 11) is 0. The minimum Gasteiger partial charge on any atom is -0.483 e. The molecular weight excluding hydrogens is 499 g/mol. The first-order valence-electron chi connectivity index (χ1n) is 12.3. The highest BCUT2D eigenvalue weighted by atomic mass is 19.4. The van der Waals surface area contributed by atoms with Gasteiger partial charge in [-0.05, 0) is 34.4 Å². The van der Waals surface area contributed by atoms with E-state index in [0.29, 0.717) is 17.7 Å². The van der Waals surface area contributed by atoms with E-state index >= 15 is 0 Å². The van der Waals surface area contributed by atoms with Crippen molar-refractivity contribution in [1.29, 1.82) is 5.26 Å². The predicted octanol–water partition coefficient (Wildman–Crippen LogP) is 7.13. The largest absolute Gasteiger partial charge is 0.483 e. The molecule has 0 aliphatic rings. The quantitative estimate of drug-likeness (QED) is 0.203. The van der Waals surface area contributed by atoms with Crippen molar-refractivity contribution in [2.24, 2.45) is 0 Å². The average molecular weight is 524 g/mol. The lowest BCUT2D eigenvalue weighted by atomic mass is 9.77. The Kier molecular flexibility index (Phi) is 7.20. The topological polar surface area (TPSA) is 50.8 Å². The van der Waals surface area contributed by atoms with E-state index in [4.69, 9.17) is 4.74 Å². The fourth-order valence-corrected chi connectivity index (χ4v) is 4.88. The lowest BCUT2D eigenvalue weighted by molar-refractivity contribution is -0.153. The molecule has 1 heterocycles. The van der Waals surface area contributed by atoms with Crippen LogP contribution in [0, 0.1) is 11.3 Å². The Morgan fingerprint density at radius 3 is 1.79 bits per heavy atom. The predicted molar refractivity (Wildman–Crippen MR) is 142 cm³/mol. The van der Waals surface area contributed by atoms with Gasteiger partial charge in [-0.15, -0.1) is 0 Å². The number of nitriles is 1. The van der Waals surface area contributed by atoms with Crippen molar-refractivity contribution in [1.82, 2.24) is 9.55 Å². The third-order valence-corrected chi connectivity index (χ3v) is 6.54. The van der Waals surface area contributed by atoms with E-state index in [1.54, 1.807) is 12.4 Å². The molecule has 0 radical (unpaired) electrons. The van der Waals surface area contributed by atoms with E-state index in [0.717, 1.165) is 16.7 Å². The van der Waals surface area contributed by atoms with Gasteiger partial charge in [0, 0.05) is 12.6 Å². The van der Waals surface area contributed by atoms with E-state index in [-0.39, 0.29) is 11.3 Å². The van der Waals surface area contributed by atoms with Crippen LogP contribution < -0.4 is 4.74 Å². The van der Waals surface area contributed by atoms with Gasteiger partial charge in [-0.25, -0.2) is 4.98 Å². The lowest BCUT2D eigenvalue weighted by Gasteiger charge is -2.37. The zero-order valence-corrected chi connectivity index (χ0v) is 20.8. The van der Waals surface area contributed by atoms with Crippen LogP contribution >= 0.6 is 0 Å². The minimum atomic E-state index is -4.50. The summed E-state index contributed by atoms with van der Waals surface area (Å²) in [4.78, 5) is 4.69. The van der Waals surface area contributed by atoms with Gasteiger partial charge in [0.15, 0.2) is 6.61 Å². The van der Waals surface area contributed by atoms with Crippen LogP contribution in [0.2, 0.25) is 0 Å². The number of aromatic nitrogens is 2. The molecule has 0 unspecified atom stereocenters. The van der Waals surface area contributed by atoms with Gasteiger partial charge in [0.2, 0.25) is 0 Å². The Balaban J connectivity index is 1.58. The van der Waals surface area contributed by atoms with E-state index in [2.05, 4.69) is 45.9 Å². The zero-order valence-electron chi connectivity index (χ0n) is 20.8. The SMILES string of the molecule is N#Cc1ccc(Cc2cn(C(c3ccccc3)(c3ccccc3)c3ccccc3)cn2)cc1OCC(F)(F)F. The van der Waals surface area contributed by atoms with E-state index < -0.39 is 18.3 Å². The molecule has 0 amide bonds. The number of nitrogens with zero attached hydrogens (tertiary/aromatic N) is 3. The fraction of sp³-hybridized carbons (Fsp3) is 0.125. The first-order chi connectivity index (χ1) is 18.9. The Hall–Kier alpha value is -4.83. The van der Waals surface area contributed by atoms with Gasteiger partial charge >= 0.3 is 6.18 Å². The highest BCUT2D eigenvalue weighted by molar-refractivity contribution is 5.51. The van der Waals surface area contributed by atoms with Gasteiger partial charge in [0.25, 0.3) is 0 Å². The van der Waals surface area contributed by atoms with Gasteiger partial charge in [0.1, 0.15) is 17.4 Å². The van der Waals surface area contributed by atoms with Crippen LogP contribution in [0.5, 0.6) is 5.75 Å². The Morgan fingerprint density at radius 2 is 1.31 bits per heavy atom. The van der Waals surface area contributed by atoms with Crippen LogP contribution in [0.15, 0.2) is 122 Å². The van der Waals surface area contributed by atoms with Crippen molar-refractivity contribution in [2.45, 2.75) is 18.1 Å². The summed E-state index contributed by atoms with van der Waals surface area (Å²) in [5.74, 6) is -0.0982. The summed E-state index contributed by atoms with van der Waals surface area (Å²) >= 11 is 0. The molecule has 7 heteroatoms. The number of hydrogen-bond acceptors (Lipinski definition) is 3. The van der Waals surface area contributed by atoms with Gasteiger partial charge < -0.3 is 9.30 Å². The Bertz CT molecular complexity index is 1480. The first-order valence-corrected chi connectivity index (χ1v) is 12.3. The molecule has 0 aliphatic carbocycles. The molecule has 4 aromatic carbocycles. The molecule has 39 heavy (non-hydrogen) atoms. The van der Waals surface area contributed by atoms with Crippen LogP contribution in [-0.4, -0.2) is 22.3 Å². The van der Waals surface area contributed by atoms with Crippen molar-refractivity contribution in [3.63, 3.8) is 0 Å². The molecule has 0 N–H and O–H groups in total. The molecule has 1 aromatic heterocycles. The number of hydrogen-bond donors (Lipinski definition) is 0. The lowest BCUT2D eigenvalue weighted by Crippen LogP contribution is -2.36. The van der Waals surface area contributed by atoms with Crippen LogP contribution in [0.3, 0.4) is 0 Å². The summed E-state index contributed by atoms with van der Waals surface area (Å²) in [6.07, 6.45) is -0.415. The number of ether oxygens (including phenoxy) is 1.